The maximum Gasteiger partial charge on any atom is 0.338 e. The van der Waals surface area contributed by atoms with Crippen LogP contribution in [0.15, 0.2) is 48.5 Å². The third kappa shape index (κ3) is 4.02. The van der Waals surface area contributed by atoms with Crippen LogP contribution in [0.5, 0.6) is 0 Å². The Morgan fingerprint density at radius 3 is 2.73 bits per heavy atom. The highest BCUT2D eigenvalue weighted by molar-refractivity contribution is 7.83. The molecule has 1 amide bonds. The van der Waals surface area contributed by atoms with Gasteiger partial charge in [0.15, 0.2) is 6.61 Å². The summed E-state index contributed by atoms with van der Waals surface area (Å²) in [6.45, 7) is 1.68. The molecule has 0 aromatic heterocycles. The standard InChI is InChI=1S/C20H21NO4S/c1-14-10-16-7-3-4-9-18(16)21(14)19(22)12-25-20(23)17-8-5-6-15(11-17)13-26(2)24/h3-9,11,14H,10,12-13H2,1-2H3/t14-,26+/m1/s1. The van der Waals surface area contributed by atoms with Crippen molar-refractivity contribution in [1.29, 1.82) is 0 Å². The molecule has 136 valence electrons. The Hall–Kier alpha value is -2.47. The first kappa shape index (κ1) is 18.3. The van der Waals surface area contributed by atoms with Gasteiger partial charge in [-0.2, -0.15) is 0 Å². The van der Waals surface area contributed by atoms with Gasteiger partial charge in [-0.05, 0) is 42.7 Å². The summed E-state index contributed by atoms with van der Waals surface area (Å²) in [4.78, 5) is 26.5. The molecule has 0 unspecified atom stereocenters. The lowest BCUT2D eigenvalue weighted by atomic mass is 10.1. The number of para-hydroxylation sites is 1. The van der Waals surface area contributed by atoms with E-state index in [1.54, 1.807) is 29.4 Å². The van der Waals surface area contributed by atoms with E-state index in [-0.39, 0.29) is 18.6 Å². The molecule has 6 heteroatoms. The van der Waals surface area contributed by atoms with Gasteiger partial charge >= 0.3 is 5.97 Å². The van der Waals surface area contributed by atoms with Crippen molar-refractivity contribution in [2.45, 2.75) is 25.1 Å². The van der Waals surface area contributed by atoms with E-state index >= 15 is 0 Å². The molecule has 3 rings (SSSR count). The Bertz CT molecular complexity index is 864. The highest BCUT2D eigenvalue weighted by Crippen LogP contribution is 2.31. The highest BCUT2D eigenvalue weighted by atomic mass is 32.2. The molecular formula is C20H21NO4S. The van der Waals surface area contributed by atoms with Gasteiger partial charge in [0.25, 0.3) is 5.91 Å². The number of hydrogen-bond acceptors (Lipinski definition) is 4. The average Bonchev–Trinajstić information content (AvgIpc) is 2.94. The van der Waals surface area contributed by atoms with Crippen LogP contribution < -0.4 is 4.90 Å². The molecule has 0 bridgehead atoms. The number of anilines is 1. The molecule has 0 saturated carbocycles. The quantitative estimate of drug-likeness (QED) is 0.758. The van der Waals surface area contributed by atoms with Crippen LogP contribution in [-0.4, -0.2) is 35.0 Å². The maximum absolute atomic E-state index is 12.6. The lowest BCUT2D eigenvalue weighted by molar-refractivity contribution is -0.122. The number of esters is 1. The van der Waals surface area contributed by atoms with Crippen LogP contribution in [0.1, 0.15) is 28.4 Å². The summed E-state index contributed by atoms with van der Waals surface area (Å²) in [7, 11) is -0.989. The Morgan fingerprint density at radius 1 is 1.19 bits per heavy atom. The molecule has 2 aromatic carbocycles. The number of ether oxygens (including phenoxy) is 1. The van der Waals surface area contributed by atoms with Gasteiger partial charge in [-0.25, -0.2) is 4.79 Å². The van der Waals surface area contributed by atoms with E-state index in [1.807, 2.05) is 37.3 Å². The van der Waals surface area contributed by atoms with Gasteiger partial charge in [0.2, 0.25) is 0 Å². The topological polar surface area (TPSA) is 63.7 Å². The summed E-state index contributed by atoms with van der Waals surface area (Å²) in [5, 5.41) is 0. The minimum absolute atomic E-state index is 0.0430. The van der Waals surface area contributed by atoms with Crippen molar-refractivity contribution >= 4 is 28.4 Å². The van der Waals surface area contributed by atoms with E-state index in [9.17, 15) is 13.8 Å². The number of fused-ring (bicyclic) bond motifs is 1. The third-order valence-electron chi connectivity index (χ3n) is 4.34. The Labute approximate surface area is 155 Å². The van der Waals surface area contributed by atoms with Gasteiger partial charge in [0.1, 0.15) is 0 Å². The Morgan fingerprint density at radius 2 is 1.96 bits per heavy atom. The van der Waals surface area contributed by atoms with Crippen LogP contribution in [0.3, 0.4) is 0 Å². The summed E-state index contributed by atoms with van der Waals surface area (Å²) in [6, 6.07) is 14.6. The minimum atomic E-state index is -0.989. The van der Waals surface area contributed by atoms with Gasteiger partial charge in [0, 0.05) is 34.5 Å². The zero-order chi connectivity index (χ0) is 18.7. The van der Waals surface area contributed by atoms with Crippen molar-refractivity contribution in [2.24, 2.45) is 0 Å². The number of amides is 1. The monoisotopic (exact) mass is 371 g/mol. The number of carbonyl (C=O) groups is 2. The lowest BCUT2D eigenvalue weighted by Gasteiger charge is -2.22. The van der Waals surface area contributed by atoms with E-state index in [0.29, 0.717) is 11.3 Å². The average molecular weight is 371 g/mol. The second-order valence-electron chi connectivity index (χ2n) is 6.44. The molecule has 0 fully saturated rings. The van der Waals surface area contributed by atoms with Crippen LogP contribution >= 0.6 is 0 Å². The first-order valence-electron chi connectivity index (χ1n) is 8.42. The molecule has 2 atom stereocenters. The number of rotatable bonds is 5. The molecule has 0 N–H and O–H groups in total. The molecule has 1 heterocycles. The van der Waals surface area contributed by atoms with Crippen molar-refractivity contribution in [3.05, 3.63) is 65.2 Å². The van der Waals surface area contributed by atoms with Crippen molar-refractivity contribution in [1.82, 2.24) is 0 Å². The fourth-order valence-electron chi connectivity index (χ4n) is 3.25. The Balaban J connectivity index is 1.65. The summed E-state index contributed by atoms with van der Waals surface area (Å²) in [5.41, 5.74) is 3.16. The highest BCUT2D eigenvalue weighted by Gasteiger charge is 2.31. The van der Waals surface area contributed by atoms with Gasteiger partial charge in [0.05, 0.1) is 5.56 Å². The second kappa shape index (κ2) is 7.83. The summed E-state index contributed by atoms with van der Waals surface area (Å²) < 4.78 is 16.6. The van der Waals surface area contributed by atoms with Crippen molar-refractivity contribution in [2.75, 3.05) is 17.8 Å². The van der Waals surface area contributed by atoms with Crippen molar-refractivity contribution in [3.63, 3.8) is 0 Å². The van der Waals surface area contributed by atoms with Gasteiger partial charge < -0.3 is 9.64 Å². The Kier molecular flexibility index (Phi) is 5.52. The molecule has 26 heavy (non-hydrogen) atoms. The smallest absolute Gasteiger partial charge is 0.338 e. The maximum atomic E-state index is 12.6. The first-order valence-corrected chi connectivity index (χ1v) is 10.1. The van der Waals surface area contributed by atoms with Crippen LogP contribution in [0.2, 0.25) is 0 Å². The van der Waals surface area contributed by atoms with Crippen LogP contribution in [0, 0.1) is 0 Å². The van der Waals surface area contributed by atoms with E-state index in [4.69, 9.17) is 4.74 Å². The number of carbonyl (C=O) groups excluding carboxylic acids is 2. The van der Waals surface area contributed by atoms with Crippen molar-refractivity contribution in [3.8, 4) is 0 Å². The predicted octanol–water partition coefficient (Wildman–Crippen LogP) is 2.70. The largest absolute Gasteiger partial charge is 0.452 e. The third-order valence-corrected chi connectivity index (χ3v) is 5.08. The first-order chi connectivity index (χ1) is 12.5. The lowest BCUT2D eigenvalue weighted by Crippen LogP contribution is -2.38. The molecule has 1 aliphatic rings. The molecule has 5 nitrogen and oxygen atoms in total. The molecular weight excluding hydrogens is 350 g/mol. The van der Waals surface area contributed by atoms with Gasteiger partial charge in [-0.15, -0.1) is 0 Å². The van der Waals surface area contributed by atoms with Crippen LogP contribution in [-0.2, 0) is 32.5 Å². The minimum Gasteiger partial charge on any atom is -0.452 e. The van der Waals surface area contributed by atoms with Crippen LogP contribution in [0.25, 0.3) is 0 Å². The van der Waals surface area contributed by atoms with E-state index in [2.05, 4.69) is 0 Å². The molecule has 0 spiro atoms. The molecule has 0 aliphatic carbocycles. The van der Waals surface area contributed by atoms with Crippen molar-refractivity contribution < 1.29 is 18.5 Å². The van der Waals surface area contributed by atoms with E-state index in [1.165, 1.54) is 0 Å². The fourth-order valence-corrected chi connectivity index (χ4v) is 3.90. The number of hydrogen-bond donors (Lipinski definition) is 0. The zero-order valence-electron chi connectivity index (χ0n) is 14.8. The molecule has 2 aromatic rings. The molecule has 0 saturated heterocycles. The predicted molar refractivity (Wildman–Crippen MR) is 102 cm³/mol. The van der Waals surface area contributed by atoms with Gasteiger partial charge in [-0.3, -0.25) is 9.00 Å². The number of nitrogens with zero attached hydrogens (tertiary/aromatic N) is 1. The van der Waals surface area contributed by atoms with E-state index in [0.717, 1.165) is 23.2 Å². The van der Waals surface area contributed by atoms with Gasteiger partial charge in [-0.1, -0.05) is 30.3 Å². The zero-order valence-corrected chi connectivity index (χ0v) is 15.6. The second-order valence-corrected chi connectivity index (χ2v) is 7.87. The molecule has 0 radical (unpaired) electrons. The summed E-state index contributed by atoms with van der Waals surface area (Å²) in [6.07, 6.45) is 2.41. The summed E-state index contributed by atoms with van der Waals surface area (Å²) in [5.74, 6) is -0.411. The summed E-state index contributed by atoms with van der Waals surface area (Å²) >= 11 is 0. The fraction of sp³-hybridized carbons (Fsp3) is 0.300. The number of benzene rings is 2. The van der Waals surface area contributed by atoms with Crippen LogP contribution in [0.4, 0.5) is 5.69 Å². The SMILES string of the molecule is C[C@@H]1Cc2ccccc2N1C(=O)COC(=O)c1cccc(C[S@](C)=O)c1. The molecule has 1 aliphatic heterocycles. The normalized spacial score (nSPS) is 16.8. The van der Waals surface area contributed by atoms with E-state index < -0.39 is 16.8 Å².